The Balaban J connectivity index is 2.17. The largest absolute Gasteiger partial charge is 0.491 e. The first-order valence-electron chi connectivity index (χ1n) is 8.11. The van der Waals surface area contributed by atoms with E-state index in [4.69, 9.17) is 20.9 Å². The average molecular weight is 340 g/mol. The van der Waals surface area contributed by atoms with Gasteiger partial charge < -0.3 is 20.9 Å². The molecular weight excluding hydrogens is 320 g/mol. The van der Waals surface area contributed by atoms with Gasteiger partial charge in [0, 0.05) is 24.2 Å². The van der Waals surface area contributed by atoms with Gasteiger partial charge in [0.2, 0.25) is 5.78 Å². The van der Waals surface area contributed by atoms with E-state index in [1.165, 1.54) is 0 Å². The zero-order chi connectivity index (χ0) is 18.0. The molecule has 4 N–H and O–H groups in total. The number of hydrogen-bond acceptors (Lipinski definition) is 6. The standard InChI is InChI=1S/C19H20N2O4/c1-11-9-13-17(15(10-11)25-8-6-21)19(23)16-12(18(13)22)3-2-4-14(16)24-7-5-20/h2-4,9-10H,5-8,20-21H2,1H3. The predicted octanol–water partition coefficient (Wildman–Crippen LogP) is 1.45. The first-order valence-corrected chi connectivity index (χ1v) is 8.11. The van der Waals surface area contributed by atoms with Crippen LogP contribution in [0.5, 0.6) is 11.5 Å². The van der Waals surface area contributed by atoms with Crippen LogP contribution in [0.3, 0.4) is 0 Å². The maximum Gasteiger partial charge on any atom is 0.201 e. The van der Waals surface area contributed by atoms with Crippen LogP contribution < -0.4 is 20.9 Å². The minimum atomic E-state index is -0.288. The highest BCUT2D eigenvalue weighted by Crippen LogP contribution is 2.38. The first kappa shape index (κ1) is 17.1. The van der Waals surface area contributed by atoms with Crippen LogP contribution in [0.15, 0.2) is 30.3 Å². The van der Waals surface area contributed by atoms with Gasteiger partial charge in [0.1, 0.15) is 24.7 Å². The summed E-state index contributed by atoms with van der Waals surface area (Å²) in [6, 6.07) is 8.45. The second kappa shape index (κ2) is 7.04. The molecule has 25 heavy (non-hydrogen) atoms. The molecule has 0 bridgehead atoms. The van der Waals surface area contributed by atoms with E-state index in [2.05, 4.69) is 0 Å². The molecule has 1 aliphatic carbocycles. The zero-order valence-corrected chi connectivity index (χ0v) is 14.0. The fraction of sp³-hybridized carbons (Fsp3) is 0.263. The number of ketones is 2. The smallest absolute Gasteiger partial charge is 0.201 e. The van der Waals surface area contributed by atoms with Crippen LogP contribution in [0.1, 0.15) is 37.4 Å². The lowest BCUT2D eigenvalue weighted by Gasteiger charge is -2.22. The van der Waals surface area contributed by atoms with Crippen molar-refractivity contribution < 1.29 is 19.1 Å². The van der Waals surface area contributed by atoms with Gasteiger partial charge >= 0.3 is 0 Å². The summed E-state index contributed by atoms with van der Waals surface area (Å²) in [7, 11) is 0. The lowest BCUT2D eigenvalue weighted by Crippen LogP contribution is -2.24. The minimum Gasteiger partial charge on any atom is -0.491 e. The molecule has 0 heterocycles. The summed E-state index contributed by atoms with van der Waals surface area (Å²) in [4.78, 5) is 26.1. The molecule has 6 nitrogen and oxygen atoms in total. The lowest BCUT2D eigenvalue weighted by molar-refractivity contribution is 0.0972. The van der Waals surface area contributed by atoms with Gasteiger partial charge in [-0.25, -0.2) is 0 Å². The summed E-state index contributed by atoms with van der Waals surface area (Å²) in [5.74, 6) is 0.226. The molecule has 0 saturated carbocycles. The Bertz CT molecular complexity index is 846. The van der Waals surface area contributed by atoms with Crippen LogP contribution >= 0.6 is 0 Å². The number of carbonyl (C=O) groups excluding carboxylic acids is 2. The topological polar surface area (TPSA) is 105 Å². The van der Waals surface area contributed by atoms with Crippen molar-refractivity contribution in [3.63, 3.8) is 0 Å². The molecule has 0 atom stereocenters. The average Bonchev–Trinajstić information content (AvgIpc) is 2.61. The summed E-state index contributed by atoms with van der Waals surface area (Å²) in [5, 5.41) is 0. The Morgan fingerprint density at radius 3 is 2.16 bits per heavy atom. The van der Waals surface area contributed by atoms with Crippen LogP contribution in [-0.2, 0) is 0 Å². The summed E-state index contributed by atoms with van der Waals surface area (Å²) in [6.07, 6.45) is 0. The third-order valence-electron chi connectivity index (χ3n) is 3.97. The number of fused-ring (bicyclic) bond motifs is 2. The highest BCUT2D eigenvalue weighted by Gasteiger charge is 2.35. The Morgan fingerprint density at radius 2 is 1.48 bits per heavy atom. The zero-order valence-electron chi connectivity index (χ0n) is 14.0. The van der Waals surface area contributed by atoms with Crippen molar-refractivity contribution in [1.82, 2.24) is 0 Å². The van der Waals surface area contributed by atoms with E-state index in [1.807, 2.05) is 6.92 Å². The van der Waals surface area contributed by atoms with Gasteiger partial charge in [0.05, 0.1) is 11.1 Å². The van der Waals surface area contributed by atoms with E-state index in [-0.39, 0.29) is 35.9 Å². The SMILES string of the molecule is Cc1cc(OCCN)c2c(c1)C(=O)c1cccc(OCCN)c1C2=O. The summed E-state index contributed by atoms with van der Waals surface area (Å²) >= 11 is 0. The molecule has 1 aliphatic rings. The lowest BCUT2D eigenvalue weighted by atomic mass is 9.82. The molecule has 2 aromatic carbocycles. The molecular formula is C19H20N2O4. The second-order valence-corrected chi connectivity index (χ2v) is 5.80. The van der Waals surface area contributed by atoms with Crippen LogP contribution in [0, 0.1) is 6.92 Å². The molecule has 130 valence electrons. The molecule has 0 aliphatic heterocycles. The number of carbonyl (C=O) groups is 2. The molecule has 0 fully saturated rings. The number of nitrogens with two attached hydrogens (primary N) is 2. The van der Waals surface area contributed by atoms with Gasteiger partial charge in [0.25, 0.3) is 0 Å². The fourth-order valence-electron chi connectivity index (χ4n) is 2.96. The Kier molecular flexibility index (Phi) is 4.83. The monoisotopic (exact) mass is 340 g/mol. The normalized spacial score (nSPS) is 12.6. The van der Waals surface area contributed by atoms with Gasteiger partial charge in [-0.15, -0.1) is 0 Å². The van der Waals surface area contributed by atoms with Crippen LogP contribution in [-0.4, -0.2) is 37.9 Å². The minimum absolute atomic E-state index is 0.218. The fourth-order valence-corrected chi connectivity index (χ4v) is 2.96. The Labute approximate surface area is 145 Å². The van der Waals surface area contributed by atoms with Gasteiger partial charge in [-0.05, 0) is 30.7 Å². The number of hydrogen-bond donors (Lipinski definition) is 2. The number of rotatable bonds is 6. The molecule has 0 spiro atoms. The van der Waals surface area contributed by atoms with Gasteiger partial charge in [-0.2, -0.15) is 0 Å². The number of benzene rings is 2. The molecule has 0 amide bonds. The second-order valence-electron chi connectivity index (χ2n) is 5.80. The third kappa shape index (κ3) is 3.01. The highest BCUT2D eigenvalue weighted by atomic mass is 16.5. The summed E-state index contributed by atoms with van der Waals surface area (Å²) in [5.41, 5.74) is 13.0. The van der Waals surface area contributed by atoms with Crippen molar-refractivity contribution in [3.8, 4) is 11.5 Å². The molecule has 3 rings (SSSR count). The Morgan fingerprint density at radius 1 is 0.840 bits per heavy atom. The van der Waals surface area contributed by atoms with E-state index < -0.39 is 0 Å². The van der Waals surface area contributed by atoms with E-state index in [1.54, 1.807) is 30.3 Å². The summed E-state index contributed by atoms with van der Waals surface area (Å²) < 4.78 is 11.2. The van der Waals surface area contributed by atoms with Crippen LogP contribution in [0.2, 0.25) is 0 Å². The van der Waals surface area contributed by atoms with Crippen molar-refractivity contribution in [3.05, 3.63) is 58.1 Å². The van der Waals surface area contributed by atoms with Gasteiger partial charge in [-0.1, -0.05) is 12.1 Å². The molecule has 0 aromatic heterocycles. The number of aryl methyl sites for hydroxylation is 1. The molecule has 6 heteroatoms. The van der Waals surface area contributed by atoms with Crippen molar-refractivity contribution >= 4 is 11.6 Å². The van der Waals surface area contributed by atoms with Gasteiger partial charge in [-0.3, -0.25) is 9.59 Å². The summed E-state index contributed by atoms with van der Waals surface area (Å²) in [6.45, 7) is 2.99. The predicted molar refractivity (Wildman–Crippen MR) is 93.6 cm³/mol. The van der Waals surface area contributed by atoms with Crippen LogP contribution in [0.25, 0.3) is 0 Å². The Hall–Kier alpha value is -2.70. The highest BCUT2D eigenvalue weighted by molar-refractivity contribution is 6.30. The quantitative estimate of drug-likeness (QED) is 0.704. The van der Waals surface area contributed by atoms with E-state index in [0.29, 0.717) is 35.7 Å². The van der Waals surface area contributed by atoms with E-state index in [9.17, 15) is 9.59 Å². The van der Waals surface area contributed by atoms with E-state index >= 15 is 0 Å². The molecule has 0 radical (unpaired) electrons. The van der Waals surface area contributed by atoms with Crippen molar-refractivity contribution in [2.24, 2.45) is 11.5 Å². The molecule has 0 unspecified atom stereocenters. The van der Waals surface area contributed by atoms with Crippen molar-refractivity contribution in [2.75, 3.05) is 26.3 Å². The maximum atomic E-state index is 13.2. The van der Waals surface area contributed by atoms with Gasteiger partial charge in [0.15, 0.2) is 5.78 Å². The van der Waals surface area contributed by atoms with Crippen molar-refractivity contribution in [2.45, 2.75) is 6.92 Å². The number of ether oxygens (including phenoxy) is 2. The van der Waals surface area contributed by atoms with E-state index in [0.717, 1.165) is 5.56 Å². The molecule has 2 aromatic rings. The first-order chi connectivity index (χ1) is 12.1. The maximum absolute atomic E-state index is 13.2. The van der Waals surface area contributed by atoms with Crippen molar-refractivity contribution in [1.29, 1.82) is 0 Å². The third-order valence-corrected chi connectivity index (χ3v) is 3.97. The molecule has 0 saturated heterocycles. The van der Waals surface area contributed by atoms with Crippen LogP contribution in [0.4, 0.5) is 0 Å².